The molecule has 2 saturated carbocycles. The minimum Gasteiger partial charge on any atom is -0.394 e. The van der Waals surface area contributed by atoms with Crippen molar-refractivity contribution in [1.82, 2.24) is 25.0 Å². The van der Waals surface area contributed by atoms with E-state index >= 15 is 0 Å². The monoisotopic (exact) mass is 522 g/mol. The second-order valence-corrected chi connectivity index (χ2v) is 10.2. The van der Waals surface area contributed by atoms with E-state index < -0.39 is 36.0 Å². The standard InChI is InChI=1S/C23H28F2N6O4S/c1-2-7-36-23-27-21(26-15-9-12(15)11-3-4-13(24)14(25)8-11)18-22(28-23)31(30-29-18)16-10-17(35-6-5-32)20(34)19(16)33/h3-4,8,12,15-17,19-20,32-34H,2,5-7,9-10H2,1H3,(H,26,27,28)/t12-,15+,16+,17+,19+,20-/m1/s1. The maximum absolute atomic E-state index is 13.7. The number of thioether (sulfide) groups is 1. The zero-order valence-corrected chi connectivity index (χ0v) is 20.4. The van der Waals surface area contributed by atoms with Crippen molar-refractivity contribution in [2.75, 3.05) is 24.3 Å². The largest absolute Gasteiger partial charge is 0.394 e. The summed E-state index contributed by atoms with van der Waals surface area (Å²) in [4.78, 5) is 9.27. The zero-order chi connectivity index (χ0) is 25.4. The Morgan fingerprint density at radius 2 is 2.00 bits per heavy atom. The van der Waals surface area contributed by atoms with Gasteiger partial charge in [-0.15, -0.1) is 5.10 Å². The molecule has 2 aliphatic rings. The Morgan fingerprint density at radius 3 is 2.75 bits per heavy atom. The molecule has 0 radical (unpaired) electrons. The van der Waals surface area contributed by atoms with Gasteiger partial charge in [0.1, 0.15) is 12.2 Å². The minimum absolute atomic E-state index is 0.00291. The summed E-state index contributed by atoms with van der Waals surface area (Å²) < 4.78 is 34.0. The van der Waals surface area contributed by atoms with E-state index in [0.717, 1.165) is 24.7 Å². The number of nitrogens with zero attached hydrogens (tertiary/aromatic N) is 5. The van der Waals surface area contributed by atoms with Gasteiger partial charge in [-0.1, -0.05) is 30.0 Å². The first-order chi connectivity index (χ1) is 17.4. The molecule has 6 atom stereocenters. The normalized spacial score (nSPS) is 27.6. The number of hydrogen-bond donors (Lipinski definition) is 4. The Kier molecular flexibility index (Phi) is 7.35. The summed E-state index contributed by atoms with van der Waals surface area (Å²) in [6, 6.07) is 3.26. The predicted molar refractivity (Wildman–Crippen MR) is 128 cm³/mol. The van der Waals surface area contributed by atoms with Crippen LogP contribution in [0.1, 0.15) is 43.7 Å². The first-order valence-electron chi connectivity index (χ1n) is 12.0. The van der Waals surface area contributed by atoms with Crippen LogP contribution in [0.15, 0.2) is 23.4 Å². The molecule has 2 aromatic heterocycles. The van der Waals surface area contributed by atoms with Crippen LogP contribution in [-0.2, 0) is 4.74 Å². The smallest absolute Gasteiger partial charge is 0.191 e. The van der Waals surface area contributed by atoms with Crippen LogP contribution in [0.2, 0.25) is 0 Å². The highest BCUT2D eigenvalue weighted by atomic mass is 32.2. The summed E-state index contributed by atoms with van der Waals surface area (Å²) in [5.41, 5.74) is 1.53. The Balaban J connectivity index is 1.43. The van der Waals surface area contributed by atoms with Gasteiger partial charge in [0, 0.05) is 24.1 Å². The van der Waals surface area contributed by atoms with Gasteiger partial charge in [-0.3, -0.25) is 0 Å². The van der Waals surface area contributed by atoms with Crippen LogP contribution in [0.5, 0.6) is 0 Å². The third-order valence-electron chi connectivity index (χ3n) is 6.56. The molecule has 194 valence electrons. The highest BCUT2D eigenvalue weighted by Crippen LogP contribution is 2.44. The molecule has 0 spiro atoms. The molecular formula is C23H28F2N6O4S. The van der Waals surface area contributed by atoms with Gasteiger partial charge in [-0.05, 0) is 30.5 Å². The van der Waals surface area contributed by atoms with Crippen LogP contribution in [0.3, 0.4) is 0 Å². The van der Waals surface area contributed by atoms with E-state index in [0.29, 0.717) is 27.7 Å². The zero-order valence-electron chi connectivity index (χ0n) is 19.6. The van der Waals surface area contributed by atoms with Gasteiger partial charge < -0.3 is 25.4 Å². The number of fused-ring (bicyclic) bond motifs is 1. The SMILES string of the molecule is CCCSc1nc(N[C@H]2C[C@@H]2c2ccc(F)c(F)c2)c2nnn([C@H]3C[C@H](OCCO)[C@@H](O)[C@H]3O)c2n1. The first kappa shape index (κ1) is 25.2. The van der Waals surface area contributed by atoms with E-state index in [1.807, 2.05) is 0 Å². The third-order valence-corrected chi connectivity index (χ3v) is 7.61. The number of aliphatic hydroxyl groups excluding tert-OH is 3. The maximum atomic E-state index is 13.7. The maximum Gasteiger partial charge on any atom is 0.191 e. The molecule has 0 bridgehead atoms. The van der Waals surface area contributed by atoms with Crippen molar-refractivity contribution >= 4 is 28.7 Å². The molecule has 0 aliphatic heterocycles. The number of anilines is 1. The van der Waals surface area contributed by atoms with Crippen LogP contribution in [-0.4, -0.2) is 83.6 Å². The number of aliphatic hydroxyl groups is 3. The molecule has 4 N–H and O–H groups in total. The fourth-order valence-corrected chi connectivity index (χ4v) is 5.31. The molecular weight excluding hydrogens is 494 g/mol. The molecule has 10 nitrogen and oxygen atoms in total. The quantitative estimate of drug-likeness (QED) is 0.231. The van der Waals surface area contributed by atoms with Crippen molar-refractivity contribution in [3.63, 3.8) is 0 Å². The van der Waals surface area contributed by atoms with Crippen molar-refractivity contribution in [3.05, 3.63) is 35.4 Å². The Morgan fingerprint density at radius 1 is 1.17 bits per heavy atom. The van der Waals surface area contributed by atoms with Crippen LogP contribution < -0.4 is 5.32 Å². The van der Waals surface area contributed by atoms with Crippen molar-refractivity contribution < 1.29 is 28.8 Å². The lowest BCUT2D eigenvalue weighted by molar-refractivity contribution is -0.0629. The lowest BCUT2D eigenvalue weighted by atomic mass is 10.1. The summed E-state index contributed by atoms with van der Waals surface area (Å²) in [7, 11) is 0. The average molecular weight is 523 g/mol. The Bertz CT molecular complexity index is 1230. The number of halogens is 2. The molecule has 0 amide bonds. The summed E-state index contributed by atoms with van der Waals surface area (Å²) >= 11 is 1.48. The van der Waals surface area contributed by atoms with Gasteiger partial charge in [0.2, 0.25) is 0 Å². The lowest BCUT2D eigenvalue weighted by Crippen LogP contribution is -2.33. The van der Waals surface area contributed by atoms with Gasteiger partial charge in [0.25, 0.3) is 0 Å². The van der Waals surface area contributed by atoms with Crippen molar-refractivity contribution in [2.24, 2.45) is 0 Å². The first-order valence-corrected chi connectivity index (χ1v) is 13.0. The number of aromatic nitrogens is 5. The highest BCUT2D eigenvalue weighted by molar-refractivity contribution is 7.99. The predicted octanol–water partition coefficient (Wildman–Crippen LogP) is 2.01. The second-order valence-electron chi connectivity index (χ2n) is 9.09. The Hall–Kier alpha value is -2.45. The number of rotatable bonds is 10. The molecule has 1 aromatic carbocycles. The van der Waals surface area contributed by atoms with Crippen LogP contribution in [0.25, 0.3) is 11.2 Å². The molecule has 0 saturated heterocycles. The minimum atomic E-state index is -1.15. The molecule has 2 aliphatic carbocycles. The summed E-state index contributed by atoms with van der Waals surface area (Å²) in [6.07, 6.45) is -1.04. The van der Waals surface area contributed by atoms with Crippen molar-refractivity contribution in [2.45, 2.75) is 67.7 Å². The Labute approximate surface area is 210 Å². The molecule has 36 heavy (non-hydrogen) atoms. The highest BCUT2D eigenvalue weighted by Gasteiger charge is 2.45. The molecule has 3 aromatic rings. The number of nitrogens with one attached hydrogen (secondary N) is 1. The van der Waals surface area contributed by atoms with Crippen LogP contribution >= 0.6 is 11.8 Å². The van der Waals surface area contributed by atoms with E-state index in [4.69, 9.17) is 9.84 Å². The van der Waals surface area contributed by atoms with Gasteiger partial charge in [-0.25, -0.2) is 23.4 Å². The van der Waals surface area contributed by atoms with Crippen LogP contribution in [0.4, 0.5) is 14.6 Å². The number of hydrogen-bond acceptors (Lipinski definition) is 10. The van der Waals surface area contributed by atoms with Gasteiger partial charge in [0.05, 0.1) is 25.4 Å². The fourth-order valence-electron chi connectivity index (χ4n) is 4.61. The van der Waals surface area contributed by atoms with E-state index in [9.17, 15) is 19.0 Å². The fraction of sp³-hybridized carbons (Fsp3) is 0.565. The van der Waals surface area contributed by atoms with Gasteiger partial charge in [-0.2, -0.15) is 0 Å². The number of benzene rings is 1. The molecule has 2 fully saturated rings. The summed E-state index contributed by atoms with van der Waals surface area (Å²) in [5, 5.41) is 42.5. The topological polar surface area (TPSA) is 138 Å². The van der Waals surface area contributed by atoms with Crippen LogP contribution in [0, 0.1) is 11.6 Å². The van der Waals surface area contributed by atoms with Gasteiger partial charge in [0.15, 0.2) is 33.8 Å². The van der Waals surface area contributed by atoms with Gasteiger partial charge >= 0.3 is 0 Å². The molecule has 13 heteroatoms. The van der Waals surface area contributed by atoms with E-state index in [-0.39, 0.29) is 31.6 Å². The average Bonchev–Trinajstić information content (AvgIpc) is 3.41. The van der Waals surface area contributed by atoms with Crippen molar-refractivity contribution in [3.8, 4) is 0 Å². The van der Waals surface area contributed by atoms with E-state index in [2.05, 4.69) is 32.5 Å². The molecule has 0 unspecified atom stereocenters. The van der Waals surface area contributed by atoms with E-state index in [1.165, 1.54) is 22.5 Å². The van der Waals surface area contributed by atoms with E-state index in [1.54, 1.807) is 6.07 Å². The third kappa shape index (κ3) is 4.90. The number of ether oxygens (including phenoxy) is 1. The molecule has 5 rings (SSSR count). The van der Waals surface area contributed by atoms with Crippen molar-refractivity contribution in [1.29, 1.82) is 0 Å². The second kappa shape index (κ2) is 10.5. The summed E-state index contributed by atoms with van der Waals surface area (Å²) in [5.74, 6) is -0.472. The summed E-state index contributed by atoms with van der Waals surface area (Å²) in [6.45, 7) is 1.91. The molecule has 2 heterocycles. The lowest BCUT2D eigenvalue weighted by Gasteiger charge is -2.17.